The van der Waals surface area contributed by atoms with E-state index >= 15 is 0 Å². The number of benzene rings is 1. The number of hydrogen-bond acceptors (Lipinski definition) is 3. The van der Waals surface area contributed by atoms with Crippen LogP contribution in [0.2, 0.25) is 0 Å². The van der Waals surface area contributed by atoms with Crippen molar-refractivity contribution < 1.29 is 10.0 Å². The molecule has 80 valence electrons. The van der Waals surface area contributed by atoms with Crippen LogP contribution in [0.1, 0.15) is 16.9 Å². The number of fused-ring (bicyclic) bond motifs is 3. The fourth-order valence-electron chi connectivity index (χ4n) is 2.24. The number of thiophene rings is 1. The normalized spacial score (nSPS) is 14.1. The van der Waals surface area contributed by atoms with Gasteiger partial charge < -0.3 is 10.0 Å². The fourth-order valence-corrected chi connectivity index (χ4v) is 3.48. The molecule has 1 aliphatic rings. The minimum atomic E-state index is -1.39. The van der Waals surface area contributed by atoms with Gasteiger partial charge in [0.05, 0.1) is 0 Å². The third kappa shape index (κ3) is 1.42. The van der Waals surface area contributed by atoms with Crippen molar-refractivity contribution in [3.63, 3.8) is 0 Å². The van der Waals surface area contributed by atoms with Crippen molar-refractivity contribution in [2.45, 2.75) is 12.8 Å². The molecule has 1 heterocycles. The van der Waals surface area contributed by atoms with Gasteiger partial charge in [0.25, 0.3) is 0 Å². The summed E-state index contributed by atoms with van der Waals surface area (Å²) in [7, 11) is -1.39. The van der Waals surface area contributed by atoms with Gasteiger partial charge in [-0.05, 0) is 35.3 Å². The van der Waals surface area contributed by atoms with Crippen LogP contribution in [0, 0.1) is 0 Å². The van der Waals surface area contributed by atoms with Gasteiger partial charge in [0, 0.05) is 9.58 Å². The Balaban J connectivity index is 2.38. The smallest absolute Gasteiger partial charge is 0.423 e. The van der Waals surface area contributed by atoms with Crippen LogP contribution in [0.15, 0.2) is 24.3 Å². The van der Waals surface area contributed by atoms with Gasteiger partial charge >= 0.3 is 7.12 Å². The average Bonchev–Trinajstić information content (AvgIpc) is 2.66. The summed E-state index contributed by atoms with van der Waals surface area (Å²) in [4.78, 5) is 1.35. The first kappa shape index (κ1) is 10.1. The molecule has 0 unspecified atom stereocenters. The molecular weight excluding hydrogens is 219 g/mol. The molecule has 1 aliphatic carbocycles. The highest BCUT2D eigenvalue weighted by molar-refractivity contribution is 7.19. The highest BCUT2D eigenvalue weighted by Gasteiger charge is 2.20. The van der Waals surface area contributed by atoms with Gasteiger partial charge in [-0.1, -0.05) is 24.3 Å². The Morgan fingerprint density at radius 2 is 2.12 bits per heavy atom. The Kier molecular flexibility index (Phi) is 2.35. The van der Waals surface area contributed by atoms with Gasteiger partial charge in [0.2, 0.25) is 0 Å². The predicted octanol–water partition coefficient (Wildman–Crippen LogP) is 1.54. The van der Waals surface area contributed by atoms with Crippen molar-refractivity contribution in [3.8, 4) is 0 Å². The first-order valence-corrected chi connectivity index (χ1v) is 6.16. The van der Waals surface area contributed by atoms with Gasteiger partial charge in [0.1, 0.15) is 0 Å². The maximum absolute atomic E-state index is 9.38. The quantitative estimate of drug-likeness (QED) is 0.729. The molecule has 0 aliphatic heterocycles. The van der Waals surface area contributed by atoms with Crippen molar-refractivity contribution in [1.82, 2.24) is 0 Å². The second-order valence-electron chi connectivity index (χ2n) is 3.97. The molecule has 0 radical (unpaired) electrons. The van der Waals surface area contributed by atoms with E-state index in [-0.39, 0.29) is 0 Å². The van der Waals surface area contributed by atoms with E-state index in [1.165, 1.54) is 10.4 Å². The van der Waals surface area contributed by atoms with E-state index in [0.717, 1.165) is 22.9 Å². The summed E-state index contributed by atoms with van der Waals surface area (Å²) in [5, 5.41) is 19.8. The standard InChI is InChI=1S/C12H11BO2S/c14-13(15)9-5-3-7-11-12(9)8-4-1-2-6-10(8)16-11/h1,3-5,7,14-15H,2,6H2. The van der Waals surface area contributed by atoms with Crippen molar-refractivity contribution in [2.75, 3.05) is 0 Å². The van der Waals surface area contributed by atoms with E-state index in [4.69, 9.17) is 0 Å². The topological polar surface area (TPSA) is 40.5 Å². The molecule has 0 saturated carbocycles. The fraction of sp³-hybridized carbons (Fsp3) is 0.167. The van der Waals surface area contributed by atoms with Crippen LogP contribution in [0.3, 0.4) is 0 Å². The summed E-state index contributed by atoms with van der Waals surface area (Å²) in [6, 6.07) is 5.70. The SMILES string of the molecule is OB(O)c1cccc2sc3c(c12)C=CCC3. The Bertz CT molecular complexity index is 572. The molecule has 1 aromatic carbocycles. The summed E-state index contributed by atoms with van der Waals surface area (Å²) in [6.45, 7) is 0. The predicted molar refractivity (Wildman–Crippen MR) is 69.0 cm³/mol. The van der Waals surface area contributed by atoms with Gasteiger partial charge in [-0.25, -0.2) is 0 Å². The molecule has 2 N–H and O–H groups in total. The maximum Gasteiger partial charge on any atom is 0.489 e. The van der Waals surface area contributed by atoms with Crippen molar-refractivity contribution in [3.05, 3.63) is 34.7 Å². The Morgan fingerprint density at radius 1 is 1.25 bits per heavy atom. The van der Waals surface area contributed by atoms with Crippen molar-refractivity contribution in [1.29, 1.82) is 0 Å². The van der Waals surface area contributed by atoms with Gasteiger partial charge in [-0.15, -0.1) is 11.3 Å². The summed E-state index contributed by atoms with van der Waals surface area (Å²) in [6.07, 6.45) is 6.39. The van der Waals surface area contributed by atoms with Crippen LogP contribution in [0.4, 0.5) is 0 Å². The number of aryl methyl sites for hydroxylation is 1. The zero-order valence-electron chi connectivity index (χ0n) is 8.68. The molecule has 0 fully saturated rings. The highest BCUT2D eigenvalue weighted by atomic mass is 32.1. The zero-order valence-corrected chi connectivity index (χ0v) is 9.50. The van der Waals surface area contributed by atoms with E-state index in [2.05, 4.69) is 12.2 Å². The van der Waals surface area contributed by atoms with E-state index in [1.54, 1.807) is 17.4 Å². The Hall–Kier alpha value is -1.10. The second kappa shape index (κ2) is 3.73. The van der Waals surface area contributed by atoms with Crippen LogP contribution < -0.4 is 5.46 Å². The molecule has 0 amide bonds. The Morgan fingerprint density at radius 3 is 2.94 bits per heavy atom. The lowest BCUT2D eigenvalue weighted by Gasteiger charge is -2.06. The second-order valence-corrected chi connectivity index (χ2v) is 5.11. The lowest BCUT2D eigenvalue weighted by Crippen LogP contribution is -2.30. The van der Waals surface area contributed by atoms with Crippen LogP contribution >= 0.6 is 11.3 Å². The number of allylic oxidation sites excluding steroid dienone is 1. The molecule has 3 rings (SSSR count). The molecule has 0 bridgehead atoms. The van der Waals surface area contributed by atoms with Crippen LogP contribution in [0.25, 0.3) is 16.2 Å². The maximum atomic E-state index is 9.38. The molecule has 0 spiro atoms. The average molecular weight is 230 g/mol. The molecule has 0 saturated heterocycles. The van der Waals surface area contributed by atoms with E-state index in [9.17, 15) is 10.0 Å². The lowest BCUT2D eigenvalue weighted by atomic mass is 9.77. The number of hydrogen-bond donors (Lipinski definition) is 2. The Labute approximate surface area is 98.0 Å². The van der Waals surface area contributed by atoms with Crippen LogP contribution in [-0.2, 0) is 6.42 Å². The minimum absolute atomic E-state index is 0.613. The summed E-state index contributed by atoms with van der Waals surface area (Å²) < 4.78 is 1.14. The molecule has 4 heteroatoms. The summed E-state index contributed by atoms with van der Waals surface area (Å²) in [5.41, 5.74) is 1.79. The van der Waals surface area contributed by atoms with E-state index in [0.29, 0.717) is 5.46 Å². The number of rotatable bonds is 1. The molecule has 16 heavy (non-hydrogen) atoms. The molecule has 2 nitrogen and oxygen atoms in total. The highest BCUT2D eigenvalue weighted by Crippen LogP contribution is 2.34. The van der Waals surface area contributed by atoms with Crippen molar-refractivity contribution in [2.24, 2.45) is 0 Å². The molecule has 2 aromatic rings. The molecular formula is C12H11BO2S. The van der Waals surface area contributed by atoms with E-state index < -0.39 is 7.12 Å². The molecule has 0 atom stereocenters. The van der Waals surface area contributed by atoms with Gasteiger partial charge in [-0.3, -0.25) is 0 Å². The largest absolute Gasteiger partial charge is 0.489 e. The summed E-state index contributed by atoms with van der Waals surface area (Å²) >= 11 is 1.76. The van der Waals surface area contributed by atoms with Crippen molar-refractivity contribution >= 4 is 40.1 Å². The minimum Gasteiger partial charge on any atom is -0.423 e. The third-order valence-corrected chi connectivity index (χ3v) is 4.19. The monoisotopic (exact) mass is 230 g/mol. The zero-order chi connectivity index (χ0) is 11.1. The lowest BCUT2D eigenvalue weighted by molar-refractivity contribution is 0.426. The summed E-state index contributed by atoms with van der Waals surface area (Å²) in [5.74, 6) is 0. The van der Waals surface area contributed by atoms with Gasteiger partial charge in [0.15, 0.2) is 0 Å². The van der Waals surface area contributed by atoms with Gasteiger partial charge in [-0.2, -0.15) is 0 Å². The first-order valence-electron chi connectivity index (χ1n) is 5.34. The van der Waals surface area contributed by atoms with Crippen LogP contribution in [0.5, 0.6) is 0 Å². The third-order valence-electron chi connectivity index (χ3n) is 2.96. The van der Waals surface area contributed by atoms with Crippen LogP contribution in [-0.4, -0.2) is 17.2 Å². The molecule has 1 aromatic heterocycles. The van der Waals surface area contributed by atoms with E-state index in [1.807, 2.05) is 12.1 Å². The first-order chi connectivity index (χ1) is 7.77.